The Bertz CT molecular complexity index is 291. The Labute approximate surface area is 97.9 Å². The zero-order chi connectivity index (χ0) is 11.9. The highest BCUT2D eigenvalue weighted by Gasteiger charge is 2.47. The molecule has 1 fully saturated rings. The van der Waals surface area contributed by atoms with Gasteiger partial charge in [-0.3, -0.25) is 4.99 Å². The molecule has 1 spiro atoms. The van der Waals surface area contributed by atoms with Gasteiger partial charge in [0, 0.05) is 6.04 Å². The fraction of sp³-hybridized carbons (Fsp3) is 0.917. The highest BCUT2D eigenvalue weighted by atomic mass is 16.5. The number of aliphatic imine (C=N–C) groups is 1. The Balaban J connectivity index is 2.24. The van der Waals surface area contributed by atoms with Crippen molar-refractivity contribution < 1.29 is 4.74 Å². The first-order valence-electron chi connectivity index (χ1n) is 6.19. The summed E-state index contributed by atoms with van der Waals surface area (Å²) in [5.74, 6) is 0.705. The highest BCUT2D eigenvalue weighted by molar-refractivity contribution is 5.81. The van der Waals surface area contributed by atoms with Crippen molar-refractivity contribution in [2.24, 2.45) is 10.7 Å². The van der Waals surface area contributed by atoms with Crippen molar-refractivity contribution in [3.05, 3.63) is 0 Å². The van der Waals surface area contributed by atoms with Gasteiger partial charge in [0.2, 0.25) is 0 Å². The fourth-order valence-corrected chi connectivity index (χ4v) is 3.41. The minimum absolute atomic E-state index is 0.106. The van der Waals surface area contributed by atoms with E-state index in [1.165, 1.54) is 0 Å². The number of guanidine groups is 1. The molecule has 4 nitrogen and oxygen atoms in total. The van der Waals surface area contributed by atoms with E-state index in [2.05, 4.69) is 37.6 Å². The molecular formula is C12H23N3O. The third-order valence-electron chi connectivity index (χ3n) is 3.61. The van der Waals surface area contributed by atoms with Crippen LogP contribution in [0.25, 0.3) is 0 Å². The summed E-state index contributed by atoms with van der Waals surface area (Å²) in [5.41, 5.74) is 6.12. The van der Waals surface area contributed by atoms with Gasteiger partial charge in [-0.2, -0.15) is 0 Å². The molecule has 0 amide bonds. The minimum Gasteiger partial charge on any atom is -0.375 e. The first-order chi connectivity index (χ1) is 7.44. The fourth-order valence-electron chi connectivity index (χ4n) is 3.41. The van der Waals surface area contributed by atoms with E-state index in [0.29, 0.717) is 24.2 Å². The van der Waals surface area contributed by atoms with Gasteiger partial charge in [-0.15, -0.1) is 0 Å². The van der Waals surface area contributed by atoms with Gasteiger partial charge in [-0.05, 0) is 40.5 Å². The molecule has 0 aliphatic carbocycles. The van der Waals surface area contributed by atoms with Gasteiger partial charge in [0.15, 0.2) is 5.96 Å². The predicted molar refractivity (Wildman–Crippen MR) is 65.4 cm³/mol. The van der Waals surface area contributed by atoms with E-state index in [4.69, 9.17) is 10.5 Å². The normalized spacial score (nSPS) is 39.6. The van der Waals surface area contributed by atoms with Gasteiger partial charge in [0.05, 0.1) is 24.3 Å². The summed E-state index contributed by atoms with van der Waals surface area (Å²) in [5, 5.41) is 0. The van der Waals surface area contributed by atoms with Crippen LogP contribution in [-0.4, -0.2) is 41.2 Å². The molecule has 2 atom stereocenters. The van der Waals surface area contributed by atoms with Gasteiger partial charge in [0.1, 0.15) is 0 Å². The van der Waals surface area contributed by atoms with Crippen molar-refractivity contribution in [2.45, 2.75) is 64.3 Å². The number of ether oxygens (including phenoxy) is 1. The van der Waals surface area contributed by atoms with Gasteiger partial charge in [0.25, 0.3) is 0 Å². The maximum absolute atomic E-state index is 6.01. The number of hydrogen-bond donors (Lipinski definition) is 1. The van der Waals surface area contributed by atoms with Gasteiger partial charge >= 0.3 is 0 Å². The summed E-state index contributed by atoms with van der Waals surface area (Å²) in [7, 11) is 0. The summed E-state index contributed by atoms with van der Waals surface area (Å²) < 4.78 is 5.82. The Morgan fingerprint density at radius 2 is 1.94 bits per heavy atom. The largest absolute Gasteiger partial charge is 0.375 e. The van der Waals surface area contributed by atoms with Crippen molar-refractivity contribution >= 4 is 5.96 Å². The lowest BCUT2D eigenvalue weighted by molar-refractivity contribution is -0.0883. The van der Waals surface area contributed by atoms with Crippen molar-refractivity contribution in [1.82, 2.24) is 4.90 Å². The van der Waals surface area contributed by atoms with Crippen LogP contribution in [0.2, 0.25) is 0 Å². The molecule has 2 aliphatic rings. The number of rotatable bonds is 1. The number of nitrogens with zero attached hydrogens (tertiary/aromatic N) is 2. The zero-order valence-electron chi connectivity index (χ0n) is 10.7. The summed E-state index contributed by atoms with van der Waals surface area (Å²) in [6.07, 6.45) is 2.65. The van der Waals surface area contributed by atoms with Gasteiger partial charge < -0.3 is 15.4 Å². The summed E-state index contributed by atoms with van der Waals surface area (Å²) in [6.45, 7) is 9.48. The first-order valence-corrected chi connectivity index (χ1v) is 6.19. The average Bonchev–Trinajstić information content (AvgIpc) is 2.40. The summed E-state index contributed by atoms with van der Waals surface area (Å²) in [4.78, 5) is 6.74. The van der Waals surface area contributed by atoms with E-state index in [-0.39, 0.29) is 5.54 Å². The molecule has 0 radical (unpaired) electrons. The molecule has 2 heterocycles. The van der Waals surface area contributed by atoms with Crippen LogP contribution < -0.4 is 5.73 Å². The van der Waals surface area contributed by atoms with Gasteiger partial charge in [-0.25, -0.2) is 0 Å². The molecule has 2 N–H and O–H groups in total. The van der Waals surface area contributed by atoms with Crippen molar-refractivity contribution in [3.8, 4) is 0 Å². The second-order valence-corrected chi connectivity index (χ2v) is 5.53. The van der Waals surface area contributed by atoms with E-state index in [1.54, 1.807) is 0 Å². The van der Waals surface area contributed by atoms with Crippen LogP contribution in [0.3, 0.4) is 0 Å². The van der Waals surface area contributed by atoms with Crippen molar-refractivity contribution in [1.29, 1.82) is 0 Å². The maximum atomic E-state index is 6.01. The third-order valence-corrected chi connectivity index (χ3v) is 3.61. The topological polar surface area (TPSA) is 50.8 Å². The predicted octanol–water partition coefficient (Wildman–Crippen LogP) is 1.35. The monoisotopic (exact) mass is 225 g/mol. The molecule has 92 valence electrons. The second kappa shape index (κ2) is 3.91. The smallest absolute Gasteiger partial charge is 0.192 e. The van der Waals surface area contributed by atoms with Crippen LogP contribution in [0.15, 0.2) is 4.99 Å². The SMILES string of the molecule is CC1CC2(CN=C(N)N2C(C)C)CC(C)O1. The molecular weight excluding hydrogens is 202 g/mol. The quantitative estimate of drug-likeness (QED) is 0.733. The standard InChI is InChI=1S/C12H23N3O/c1-8(2)15-11(13)14-7-12(15)5-9(3)16-10(4)6-12/h8-10H,5-7H2,1-4H3,(H2,13,14). The Kier molecular flexibility index (Phi) is 2.86. The van der Waals surface area contributed by atoms with E-state index in [1.807, 2.05) is 0 Å². The Morgan fingerprint density at radius 3 is 2.44 bits per heavy atom. The molecule has 0 saturated carbocycles. The lowest BCUT2D eigenvalue weighted by Crippen LogP contribution is -2.59. The summed E-state index contributed by atoms with van der Waals surface area (Å²) >= 11 is 0. The van der Waals surface area contributed by atoms with E-state index in [9.17, 15) is 0 Å². The molecule has 0 aromatic carbocycles. The number of hydrogen-bond acceptors (Lipinski definition) is 4. The molecule has 2 unspecified atom stereocenters. The molecule has 0 bridgehead atoms. The van der Waals surface area contributed by atoms with Crippen molar-refractivity contribution in [3.63, 3.8) is 0 Å². The molecule has 1 saturated heterocycles. The van der Waals surface area contributed by atoms with Crippen LogP contribution in [0.1, 0.15) is 40.5 Å². The number of nitrogens with two attached hydrogens (primary N) is 1. The van der Waals surface area contributed by atoms with E-state index < -0.39 is 0 Å². The van der Waals surface area contributed by atoms with Gasteiger partial charge in [-0.1, -0.05) is 0 Å². The minimum atomic E-state index is 0.106. The average molecular weight is 225 g/mol. The first kappa shape index (κ1) is 11.7. The molecule has 4 heteroatoms. The van der Waals surface area contributed by atoms with Crippen LogP contribution in [0.5, 0.6) is 0 Å². The highest BCUT2D eigenvalue weighted by Crippen LogP contribution is 2.38. The van der Waals surface area contributed by atoms with Crippen LogP contribution >= 0.6 is 0 Å². The lowest BCUT2D eigenvalue weighted by atomic mass is 9.82. The second-order valence-electron chi connectivity index (χ2n) is 5.53. The van der Waals surface area contributed by atoms with Crippen LogP contribution in [0.4, 0.5) is 0 Å². The lowest BCUT2D eigenvalue weighted by Gasteiger charge is -2.48. The Morgan fingerprint density at radius 1 is 1.38 bits per heavy atom. The molecule has 2 rings (SSSR count). The zero-order valence-corrected chi connectivity index (χ0v) is 10.7. The maximum Gasteiger partial charge on any atom is 0.192 e. The van der Waals surface area contributed by atoms with E-state index in [0.717, 1.165) is 19.4 Å². The Hall–Kier alpha value is -0.770. The van der Waals surface area contributed by atoms with E-state index >= 15 is 0 Å². The molecule has 0 aromatic heterocycles. The van der Waals surface area contributed by atoms with Crippen LogP contribution in [-0.2, 0) is 4.74 Å². The molecule has 16 heavy (non-hydrogen) atoms. The molecule has 0 aromatic rings. The molecule has 2 aliphatic heterocycles. The van der Waals surface area contributed by atoms with Crippen LogP contribution in [0, 0.1) is 0 Å². The summed E-state index contributed by atoms with van der Waals surface area (Å²) in [6, 6.07) is 0.406. The third kappa shape index (κ3) is 1.79. The van der Waals surface area contributed by atoms with Crippen molar-refractivity contribution in [2.75, 3.05) is 6.54 Å².